The third kappa shape index (κ3) is 12.3. The van der Waals surface area contributed by atoms with E-state index in [1.165, 1.54) is 0 Å². The van der Waals surface area contributed by atoms with Crippen molar-refractivity contribution in [2.75, 3.05) is 6.54 Å². The minimum atomic E-state index is -0.805. The first kappa shape index (κ1) is 23.9. The summed E-state index contributed by atoms with van der Waals surface area (Å²) in [7, 11) is 0. The van der Waals surface area contributed by atoms with E-state index < -0.39 is 29.3 Å². The van der Waals surface area contributed by atoms with E-state index in [1.807, 2.05) is 0 Å². The Kier molecular flexibility index (Phi) is 9.38. The van der Waals surface area contributed by atoms with Crippen molar-refractivity contribution >= 4 is 18.0 Å². The predicted molar refractivity (Wildman–Crippen MR) is 101 cm³/mol. The van der Waals surface area contributed by atoms with E-state index in [0.29, 0.717) is 31.4 Å². The van der Waals surface area contributed by atoms with Gasteiger partial charge in [0.05, 0.1) is 0 Å². The van der Waals surface area contributed by atoms with Crippen molar-refractivity contribution in [1.29, 1.82) is 0 Å². The molecule has 7 nitrogen and oxygen atoms in total. The Bertz CT molecular complexity index is 515. The highest BCUT2D eigenvalue weighted by Crippen LogP contribution is 2.13. The minimum absolute atomic E-state index is 0.194. The lowest BCUT2D eigenvalue weighted by atomic mass is 10.1. The summed E-state index contributed by atoms with van der Waals surface area (Å²) in [6, 6.07) is -0.805. The largest absolute Gasteiger partial charge is 0.458 e. The molecule has 0 aromatic heterocycles. The summed E-state index contributed by atoms with van der Waals surface area (Å²) >= 11 is 0. The van der Waals surface area contributed by atoms with Crippen molar-refractivity contribution < 1.29 is 23.9 Å². The van der Waals surface area contributed by atoms with E-state index in [4.69, 9.17) is 9.47 Å². The zero-order valence-electron chi connectivity index (χ0n) is 17.2. The van der Waals surface area contributed by atoms with Crippen LogP contribution in [0.5, 0.6) is 0 Å². The topological polar surface area (TPSA) is 93.7 Å². The maximum atomic E-state index is 12.3. The average Bonchev–Trinajstić information content (AvgIpc) is 2.41. The van der Waals surface area contributed by atoms with E-state index in [1.54, 1.807) is 48.5 Å². The predicted octanol–water partition coefficient (Wildman–Crippen LogP) is 3.08. The quantitative estimate of drug-likeness (QED) is 0.389. The zero-order valence-corrected chi connectivity index (χ0v) is 17.2. The highest BCUT2D eigenvalue weighted by Gasteiger charge is 2.28. The monoisotopic (exact) mass is 370 g/mol. The van der Waals surface area contributed by atoms with Gasteiger partial charge >= 0.3 is 12.1 Å². The molecule has 0 rings (SSSR count). The fraction of sp³-hybridized carbons (Fsp3) is 0.737. The van der Waals surface area contributed by atoms with Gasteiger partial charge in [0.2, 0.25) is 5.91 Å². The van der Waals surface area contributed by atoms with Crippen molar-refractivity contribution in [2.45, 2.75) is 85.0 Å². The van der Waals surface area contributed by atoms with Crippen LogP contribution in [0.4, 0.5) is 4.79 Å². The lowest BCUT2D eigenvalue weighted by molar-refractivity contribution is -0.157. The molecule has 0 radical (unpaired) electrons. The van der Waals surface area contributed by atoms with Crippen molar-refractivity contribution in [3.63, 3.8) is 0 Å². The molecule has 2 N–H and O–H groups in total. The summed E-state index contributed by atoms with van der Waals surface area (Å²) in [5.41, 5.74) is -0.862. The van der Waals surface area contributed by atoms with Gasteiger partial charge in [-0.2, -0.15) is 0 Å². The Balaban J connectivity index is 4.63. The van der Waals surface area contributed by atoms with Crippen LogP contribution in [0.1, 0.15) is 67.7 Å². The second kappa shape index (κ2) is 10.2. The molecule has 0 heterocycles. The van der Waals surface area contributed by atoms with E-state index in [2.05, 4.69) is 17.2 Å². The number of ether oxygens (including phenoxy) is 2. The third-order valence-corrected chi connectivity index (χ3v) is 2.98. The van der Waals surface area contributed by atoms with Crippen LogP contribution in [-0.2, 0) is 19.1 Å². The standard InChI is InChI=1S/C19H34N2O5/c1-13(2)15(22)20-12-10-9-11-14(16(23)25-18(3,4)5)21-17(24)26-19(6,7)8/h14H,1,9-12H2,2-8H3,(H,20,22)(H,21,24)/t14-/m0/s1. The van der Waals surface area contributed by atoms with Crippen molar-refractivity contribution in [3.05, 3.63) is 12.2 Å². The van der Waals surface area contributed by atoms with Gasteiger partial charge < -0.3 is 20.1 Å². The molecule has 0 aliphatic carbocycles. The summed E-state index contributed by atoms with van der Waals surface area (Å²) in [6.07, 6.45) is 1.01. The van der Waals surface area contributed by atoms with Crippen LogP contribution >= 0.6 is 0 Å². The first-order valence-electron chi connectivity index (χ1n) is 8.87. The van der Waals surface area contributed by atoms with Crippen LogP contribution in [0.15, 0.2) is 12.2 Å². The number of nitrogens with one attached hydrogen (secondary N) is 2. The Morgan fingerprint density at radius 1 is 0.962 bits per heavy atom. The van der Waals surface area contributed by atoms with Gasteiger partial charge in [-0.1, -0.05) is 6.58 Å². The number of carbonyl (C=O) groups is 3. The molecule has 150 valence electrons. The molecule has 0 aliphatic rings. The number of esters is 1. The maximum absolute atomic E-state index is 12.3. The number of carbonyl (C=O) groups excluding carboxylic acids is 3. The van der Waals surface area contributed by atoms with Gasteiger partial charge in [-0.25, -0.2) is 9.59 Å². The Hall–Kier alpha value is -2.05. The molecule has 26 heavy (non-hydrogen) atoms. The second-order valence-electron chi connectivity index (χ2n) is 8.26. The van der Waals surface area contributed by atoms with Crippen LogP contribution in [0.25, 0.3) is 0 Å². The summed E-state index contributed by atoms with van der Waals surface area (Å²) < 4.78 is 10.6. The average molecular weight is 370 g/mol. The second-order valence-corrected chi connectivity index (χ2v) is 8.26. The number of alkyl carbamates (subject to hydrolysis) is 1. The smallest absolute Gasteiger partial charge is 0.408 e. The molecule has 0 unspecified atom stereocenters. The number of hydrogen-bond acceptors (Lipinski definition) is 5. The first-order valence-corrected chi connectivity index (χ1v) is 8.87. The first-order chi connectivity index (χ1) is 11.7. The van der Waals surface area contributed by atoms with Gasteiger partial charge in [-0.15, -0.1) is 0 Å². The van der Waals surface area contributed by atoms with Crippen molar-refractivity contribution in [1.82, 2.24) is 10.6 Å². The normalized spacial score (nSPS) is 12.7. The number of unbranched alkanes of at least 4 members (excludes halogenated alkanes) is 1. The lowest BCUT2D eigenvalue weighted by Crippen LogP contribution is -2.46. The molecule has 0 aromatic carbocycles. The molecule has 0 fully saturated rings. The molecule has 0 aromatic rings. The SMILES string of the molecule is C=C(C)C(=O)NCCCC[C@H](NC(=O)OC(C)(C)C)C(=O)OC(C)(C)C. The molecule has 0 aliphatic heterocycles. The van der Waals surface area contributed by atoms with Gasteiger partial charge in [0, 0.05) is 12.1 Å². The van der Waals surface area contributed by atoms with Crippen LogP contribution in [-0.4, -0.2) is 41.8 Å². The highest BCUT2D eigenvalue weighted by atomic mass is 16.6. The van der Waals surface area contributed by atoms with Crippen molar-refractivity contribution in [3.8, 4) is 0 Å². The molecule has 0 spiro atoms. The molecular formula is C19H34N2O5. The van der Waals surface area contributed by atoms with E-state index >= 15 is 0 Å². The van der Waals surface area contributed by atoms with Gasteiger partial charge in [-0.05, 0) is 67.7 Å². The third-order valence-electron chi connectivity index (χ3n) is 2.98. The Morgan fingerprint density at radius 3 is 1.96 bits per heavy atom. The number of hydrogen-bond donors (Lipinski definition) is 2. The number of amides is 2. The van der Waals surface area contributed by atoms with E-state index in [0.717, 1.165) is 0 Å². The molecule has 0 bridgehead atoms. The summed E-state index contributed by atoms with van der Waals surface area (Å²) in [6.45, 7) is 16.2. The summed E-state index contributed by atoms with van der Waals surface area (Å²) in [5, 5.41) is 5.31. The fourth-order valence-electron chi connectivity index (χ4n) is 1.90. The molecular weight excluding hydrogens is 336 g/mol. The van der Waals surface area contributed by atoms with Crippen molar-refractivity contribution in [2.24, 2.45) is 0 Å². The van der Waals surface area contributed by atoms with Gasteiger partial charge in [0.1, 0.15) is 17.2 Å². The van der Waals surface area contributed by atoms with E-state index in [-0.39, 0.29) is 5.91 Å². The van der Waals surface area contributed by atoms with Gasteiger partial charge in [-0.3, -0.25) is 4.79 Å². The molecule has 0 saturated carbocycles. The Labute approximate surface area is 156 Å². The minimum Gasteiger partial charge on any atom is -0.458 e. The van der Waals surface area contributed by atoms with Crippen LogP contribution in [0.2, 0.25) is 0 Å². The Morgan fingerprint density at radius 2 is 1.50 bits per heavy atom. The fourth-order valence-corrected chi connectivity index (χ4v) is 1.90. The summed E-state index contributed by atoms with van der Waals surface area (Å²) in [5.74, 6) is -0.699. The van der Waals surface area contributed by atoms with Crippen LogP contribution < -0.4 is 10.6 Å². The lowest BCUT2D eigenvalue weighted by Gasteiger charge is -2.26. The molecule has 1 atom stereocenters. The molecule has 0 saturated heterocycles. The highest BCUT2D eigenvalue weighted by molar-refractivity contribution is 5.92. The van der Waals surface area contributed by atoms with E-state index in [9.17, 15) is 14.4 Å². The van der Waals surface area contributed by atoms with Crippen LogP contribution in [0.3, 0.4) is 0 Å². The molecule has 2 amide bonds. The maximum Gasteiger partial charge on any atom is 0.408 e. The number of rotatable bonds is 8. The molecule has 7 heteroatoms. The zero-order chi connectivity index (χ0) is 20.5. The summed E-state index contributed by atoms with van der Waals surface area (Å²) in [4.78, 5) is 35.8. The van der Waals surface area contributed by atoms with Gasteiger partial charge in [0.15, 0.2) is 0 Å². The van der Waals surface area contributed by atoms with Gasteiger partial charge in [0.25, 0.3) is 0 Å². The van der Waals surface area contributed by atoms with Crippen LogP contribution in [0, 0.1) is 0 Å².